The van der Waals surface area contributed by atoms with Crippen LogP contribution in [-0.2, 0) is 11.2 Å². The molecule has 1 aliphatic rings. The molecule has 0 spiro atoms. The summed E-state index contributed by atoms with van der Waals surface area (Å²) in [7, 11) is 0. The lowest BCUT2D eigenvalue weighted by molar-refractivity contribution is -0.124. The van der Waals surface area contributed by atoms with Gasteiger partial charge in [0.15, 0.2) is 0 Å². The standard InChI is InChI=1S/C20H23NO/c1-20(2,14-15-9-5-3-6-10-15)21-19(22)18-13-17(18)16-11-7-4-8-12-16/h3-12,17-18H,13-14H2,1-2H3,(H,21,22). The SMILES string of the molecule is CC(C)(Cc1ccccc1)NC(=O)C1CC1c1ccccc1. The van der Waals surface area contributed by atoms with Gasteiger partial charge in [-0.3, -0.25) is 4.79 Å². The highest BCUT2D eigenvalue weighted by Crippen LogP contribution is 2.47. The van der Waals surface area contributed by atoms with Crippen LogP contribution < -0.4 is 5.32 Å². The molecule has 2 nitrogen and oxygen atoms in total. The van der Waals surface area contributed by atoms with Gasteiger partial charge in [0, 0.05) is 11.5 Å². The second-order valence-electron chi connectivity index (χ2n) is 6.89. The summed E-state index contributed by atoms with van der Waals surface area (Å²) in [6.07, 6.45) is 1.82. The molecule has 3 rings (SSSR count). The number of amides is 1. The second kappa shape index (κ2) is 5.96. The zero-order valence-corrected chi connectivity index (χ0v) is 13.3. The van der Waals surface area contributed by atoms with Gasteiger partial charge in [0.05, 0.1) is 0 Å². The number of carbonyl (C=O) groups is 1. The van der Waals surface area contributed by atoms with E-state index in [2.05, 4.69) is 43.4 Å². The molecule has 2 atom stereocenters. The van der Waals surface area contributed by atoms with Crippen LogP contribution in [0.2, 0.25) is 0 Å². The topological polar surface area (TPSA) is 29.1 Å². The lowest BCUT2D eigenvalue weighted by Crippen LogP contribution is -2.46. The molecular formula is C20H23NO. The van der Waals surface area contributed by atoms with Gasteiger partial charge in [-0.25, -0.2) is 0 Å². The molecule has 114 valence electrons. The van der Waals surface area contributed by atoms with Crippen molar-refractivity contribution in [2.24, 2.45) is 5.92 Å². The summed E-state index contributed by atoms with van der Waals surface area (Å²) in [5.74, 6) is 0.723. The second-order valence-corrected chi connectivity index (χ2v) is 6.89. The molecule has 1 amide bonds. The molecule has 1 fully saturated rings. The molecule has 0 aliphatic heterocycles. The minimum Gasteiger partial charge on any atom is -0.351 e. The van der Waals surface area contributed by atoms with Crippen molar-refractivity contribution in [2.45, 2.75) is 38.1 Å². The van der Waals surface area contributed by atoms with Gasteiger partial charge in [-0.1, -0.05) is 60.7 Å². The first-order chi connectivity index (χ1) is 10.6. The highest BCUT2D eigenvalue weighted by molar-refractivity contribution is 5.83. The van der Waals surface area contributed by atoms with Gasteiger partial charge in [0.2, 0.25) is 5.91 Å². The van der Waals surface area contributed by atoms with E-state index in [4.69, 9.17) is 0 Å². The number of rotatable bonds is 5. The zero-order chi connectivity index (χ0) is 15.6. The number of nitrogens with one attached hydrogen (secondary N) is 1. The Labute approximate surface area is 132 Å². The van der Waals surface area contributed by atoms with Gasteiger partial charge >= 0.3 is 0 Å². The predicted molar refractivity (Wildman–Crippen MR) is 89.7 cm³/mol. The Hall–Kier alpha value is -2.09. The first-order valence-corrected chi connectivity index (χ1v) is 7.96. The van der Waals surface area contributed by atoms with Crippen LogP contribution in [0.25, 0.3) is 0 Å². The Bertz CT molecular complexity index is 633. The molecular weight excluding hydrogens is 270 g/mol. The molecule has 2 unspecified atom stereocenters. The lowest BCUT2D eigenvalue weighted by atomic mass is 9.94. The van der Waals surface area contributed by atoms with E-state index in [0.717, 1.165) is 12.8 Å². The minimum absolute atomic E-state index is 0.137. The third kappa shape index (κ3) is 3.56. The fourth-order valence-electron chi connectivity index (χ4n) is 3.13. The van der Waals surface area contributed by atoms with E-state index in [1.165, 1.54) is 11.1 Å². The van der Waals surface area contributed by atoms with E-state index in [1.807, 2.05) is 36.4 Å². The summed E-state index contributed by atoms with van der Waals surface area (Å²) in [4.78, 5) is 12.5. The molecule has 1 saturated carbocycles. The fraction of sp³-hybridized carbons (Fsp3) is 0.350. The average Bonchev–Trinajstić information content (AvgIpc) is 3.29. The highest BCUT2D eigenvalue weighted by atomic mass is 16.2. The van der Waals surface area contributed by atoms with Crippen LogP contribution in [-0.4, -0.2) is 11.4 Å². The van der Waals surface area contributed by atoms with Crippen molar-refractivity contribution in [1.29, 1.82) is 0 Å². The van der Waals surface area contributed by atoms with Gasteiger partial charge in [0.1, 0.15) is 0 Å². The largest absolute Gasteiger partial charge is 0.351 e. The first-order valence-electron chi connectivity index (χ1n) is 7.96. The maximum atomic E-state index is 12.5. The van der Waals surface area contributed by atoms with Crippen molar-refractivity contribution in [3.05, 3.63) is 71.8 Å². The maximum Gasteiger partial charge on any atom is 0.224 e. The van der Waals surface area contributed by atoms with E-state index in [9.17, 15) is 4.79 Å². The monoisotopic (exact) mass is 293 g/mol. The van der Waals surface area contributed by atoms with Gasteiger partial charge in [0.25, 0.3) is 0 Å². The van der Waals surface area contributed by atoms with Crippen LogP contribution in [0, 0.1) is 5.92 Å². The van der Waals surface area contributed by atoms with Crippen LogP contribution in [0.3, 0.4) is 0 Å². The molecule has 2 heteroatoms. The average molecular weight is 293 g/mol. The van der Waals surface area contributed by atoms with Gasteiger partial charge in [-0.15, -0.1) is 0 Å². The molecule has 0 bridgehead atoms. The summed E-state index contributed by atoms with van der Waals surface area (Å²) in [6.45, 7) is 4.19. The van der Waals surface area contributed by atoms with E-state index in [0.29, 0.717) is 5.92 Å². The van der Waals surface area contributed by atoms with Crippen molar-refractivity contribution < 1.29 is 4.79 Å². The predicted octanol–water partition coefficient (Wildman–Crippen LogP) is 3.93. The Morgan fingerprint density at radius 3 is 2.27 bits per heavy atom. The summed E-state index contributed by atoms with van der Waals surface area (Å²) < 4.78 is 0. The Balaban J connectivity index is 1.58. The molecule has 0 radical (unpaired) electrons. The van der Waals surface area contributed by atoms with Crippen LogP contribution in [0.5, 0.6) is 0 Å². The van der Waals surface area contributed by atoms with Crippen LogP contribution >= 0.6 is 0 Å². The number of benzene rings is 2. The molecule has 1 aliphatic carbocycles. The molecule has 1 N–H and O–H groups in total. The third-order valence-corrected chi connectivity index (χ3v) is 4.31. The first kappa shape index (κ1) is 14.8. The summed E-state index contributed by atoms with van der Waals surface area (Å²) in [6, 6.07) is 20.7. The van der Waals surface area contributed by atoms with Gasteiger partial charge in [-0.2, -0.15) is 0 Å². The highest BCUT2D eigenvalue weighted by Gasteiger charge is 2.44. The van der Waals surface area contributed by atoms with Crippen LogP contribution in [0.1, 0.15) is 37.3 Å². The van der Waals surface area contributed by atoms with Crippen LogP contribution in [0.15, 0.2) is 60.7 Å². The normalized spacial score (nSPS) is 20.5. The van der Waals surface area contributed by atoms with Crippen molar-refractivity contribution >= 4 is 5.91 Å². The van der Waals surface area contributed by atoms with E-state index in [1.54, 1.807) is 0 Å². The van der Waals surface area contributed by atoms with E-state index < -0.39 is 0 Å². The maximum absolute atomic E-state index is 12.5. The molecule has 22 heavy (non-hydrogen) atoms. The smallest absolute Gasteiger partial charge is 0.224 e. The Morgan fingerprint density at radius 1 is 1.05 bits per heavy atom. The van der Waals surface area contributed by atoms with Crippen LogP contribution in [0.4, 0.5) is 0 Å². The van der Waals surface area contributed by atoms with E-state index >= 15 is 0 Å². The summed E-state index contributed by atoms with van der Waals surface area (Å²) in [5, 5.41) is 3.23. The lowest BCUT2D eigenvalue weighted by Gasteiger charge is -2.26. The number of hydrogen-bond acceptors (Lipinski definition) is 1. The third-order valence-electron chi connectivity index (χ3n) is 4.31. The summed E-state index contributed by atoms with van der Waals surface area (Å²) in [5.41, 5.74) is 2.31. The van der Waals surface area contributed by atoms with Crippen molar-refractivity contribution in [1.82, 2.24) is 5.32 Å². The van der Waals surface area contributed by atoms with Gasteiger partial charge < -0.3 is 5.32 Å². The quantitative estimate of drug-likeness (QED) is 0.889. The van der Waals surface area contributed by atoms with Gasteiger partial charge in [-0.05, 0) is 43.7 Å². The molecule has 0 aromatic heterocycles. The summed E-state index contributed by atoms with van der Waals surface area (Å²) >= 11 is 0. The molecule has 0 heterocycles. The van der Waals surface area contributed by atoms with Crippen molar-refractivity contribution in [2.75, 3.05) is 0 Å². The van der Waals surface area contributed by atoms with E-state index in [-0.39, 0.29) is 17.4 Å². The van der Waals surface area contributed by atoms with Crippen molar-refractivity contribution in [3.8, 4) is 0 Å². The Kier molecular flexibility index (Phi) is 4.02. The minimum atomic E-state index is -0.220. The number of hydrogen-bond donors (Lipinski definition) is 1. The zero-order valence-electron chi connectivity index (χ0n) is 13.3. The van der Waals surface area contributed by atoms with Crippen molar-refractivity contribution in [3.63, 3.8) is 0 Å². The number of carbonyl (C=O) groups excluding carboxylic acids is 1. The molecule has 2 aromatic carbocycles. The fourth-order valence-corrected chi connectivity index (χ4v) is 3.13. The molecule has 0 saturated heterocycles. The molecule has 2 aromatic rings. The Morgan fingerprint density at radius 2 is 1.64 bits per heavy atom.